The van der Waals surface area contributed by atoms with Gasteiger partial charge in [-0.05, 0) is 18.1 Å². The van der Waals surface area contributed by atoms with Crippen LogP contribution in [0.15, 0.2) is 60.7 Å². The number of nitrogens with one attached hydrogen (secondary N) is 1. The summed E-state index contributed by atoms with van der Waals surface area (Å²) in [5, 5.41) is 0. The van der Waals surface area contributed by atoms with Gasteiger partial charge >= 0.3 is 6.03 Å². The summed E-state index contributed by atoms with van der Waals surface area (Å²) < 4.78 is 0. The van der Waals surface area contributed by atoms with Crippen LogP contribution in [0, 0.1) is 0 Å². The average molecular weight is 367 g/mol. The van der Waals surface area contributed by atoms with Gasteiger partial charge in [-0.15, -0.1) is 0 Å². The SMILES string of the molecule is C[C@H]1[C@@H](c2ccccc2)N(C(=O)CCNOCc2ccccc2)C(=O)N1C. The van der Waals surface area contributed by atoms with Crippen molar-refractivity contribution in [1.29, 1.82) is 0 Å². The van der Waals surface area contributed by atoms with Crippen LogP contribution >= 0.6 is 0 Å². The number of likely N-dealkylation sites (N-methyl/N-ethyl adjacent to an activating group) is 1. The first-order chi connectivity index (χ1) is 13.1. The highest BCUT2D eigenvalue weighted by atomic mass is 16.6. The molecular weight excluding hydrogens is 342 g/mol. The van der Waals surface area contributed by atoms with E-state index in [-0.39, 0.29) is 30.4 Å². The van der Waals surface area contributed by atoms with Crippen molar-refractivity contribution in [3.63, 3.8) is 0 Å². The fourth-order valence-corrected chi connectivity index (χ4v) is 3.29. The molecule has 3 rings (SSSR count). The number of benzene rings is 2. The normalized spacial score (nSPS) is 19.6. The molecule has 27 heavy (non-hydrogen) atoms. The molecule has 1 aliphatic rings. The Hall–Kier alpha value is -2.70. The summed E-state index contributed by atoms with van der Waals surface area (Å²) in [7, 11) is 1.73. The maximum atomic E-state index is 12.7. The van der Waals surface area contributed by atoms with Gasteiger partial charge in [0, 0.05) is 20.0 Å². The van der Waals surface area contributed by atoms with E-state index in [2.05, 4.69) is 5.48 Å². The van der Waals surface area contributed by atoms with Crippen LogP contribution in [0.1, 0.15) is 30.5 Å². The van der Waals surface area contributed by atoms with Crippen molar-refractivity contribution in [2.75, 3.05) is 13.6 Å². The fourth-order valence-electron chi connectivity index (χ4n) is 3.29. The number of rotatable bonds is 7. The van der Waals surface area contributed by atoms with Crippen molar-refractivity contribution >= 4 is 11.9 Å². The van der Waals surface area contributed by atoms with Crippen LogP contribution in [-0.4, -0.2) is 41.4 Å². The van der Waals surface area contributed by atoms with E-state index < -0.39 is 0 Å². The lowest BCUT2D eigenvalue weighted by Gasteiger charge is -2.24. The molecule has 1 aliphatic heterocycles. The van der Waals surface area contributed by atoms with Crippen molar-refractivity contribution in [2.24, 2.45) is 0 Å². The van der Waals surface area contributed by atoms with E-state index in [0.29, 0.717) is 13.2 Å². The maximum Gasteiger partial charge on any atom is 0.327 e. The van der Waals surface area contributed by atoms with E-state index in [0.717, 1.165) is 11.1 Å². The van der Waals surface area contributed by atoms with Crippen LogP contribution in [0.3, 0.4) is 0 Å². The van der Waals surface area contributed by atoms with E-state index in [1.807, 2.05) is 67.6 Å². The van der Waals surface area contributed by atoms with E-state index in [4.69, 9.17) is 4.84 Å². The van der Waals surface area contributed by atoms with Crippen LogP contribution in [-0.2, 0) is 16.2 Å². The lowest BCUT2D eigenvalue weighted by Crippen LogP contribution is -2.37. The molecule has 0 bridgehead atoms. The zero-order valence-electron chi connectivity index (χ0n) is 15.7. The van der Waals surface area contributed by atoms with E-state index in [9.17, 15) is 9.59 Å². The first-order valence-electron chi connectivity index (χ1n) is 9.12. The summed E-state index contributed by atoms with van der Waals surface area (Å²) in [4.78, 5) is 33.7. The van der Waals surface area contributed by atoms with Gasteiger partial charge in [0.25, 0.3) is 0 Å². The molecule has 1 saturated heterocycles. The Balaban J connectivity index is 1.56. The minimum absolute atomic E-state index is 0.0776. The fraction of sp³-hybridized carbons (Fsp3) is 0.333. The number of amides is 3. The Kier molecular flexibility index (Phi) is 6.21. The van der Waals surface area contributed by atoms with Gasteiger partial charge < -0.3 is 4.90 Å². The van der Waals surface area contributed by atoms with Gasteiger partial charge in [0.05, 0.1) is 18.7 Å². The van der Waals surface area contributed by atoms with E-state index in [1.54, 1.807) is 11.9 Å². The molecule has 1 heterocycles. The van der Waals surface area contributed by atoms with Crippen molar-refractivity contribution in [3.05, 3.63) is 71.8 Å². The minimum atomic E-state index is -0.276. The standard InChI is InChI=1S/C21H25N3O3/c1-16-20(18-11-7-4-8-12-18)24(21(26)23(16)2)19(25)13-14-22-27-15-17-9-5-3-6-10-17/h3-12,16,20,22H,13-15H2,1-2H3/t16-,20-/m0/s1. The number of hydrogen-bond donors (Lipinski definition) is 1. The van der Waals surface area contributed by atoms with Crippen molar-refractivity contribution in [3.8, 4) is 0 Å². The first kappa shape index (κ1) is 19.1. The van der Waals surface area contributed by atoms with Gasteiger partial charge in [-0.3, -0.25) is 14.5 Å². The largest absolute Gasteiger partial charge is 0.327 e. The van der Waals surface area contributed by atoms with Gasteiger partial charge in [0.1, 0.15) is 0 Å². The average Bonchev–Trinajstić information content (AvgIpc) is 2.93. The van der Waals surface area contributed by atoms with E-state index in [1.165, 1.54) is 4.90 Å². The third kappa shape index (κ3) is 4.35. The second kappa shape index (κ2) is 8.79. The maximum absolute atomic E-state index is 12.7. The second-order valence-electron chi connectivity index (χ2n) is 6.67. The third-order valence-corrected chi connectivity index (χ3v) is 4.89. The zero-order chi connectivity index (χ0) is 19.2. The summed E-state index contributed by atoms with van der Waals surface area (Å²) in [6.45, 7) is 2.73. The van der Waals surface area contributed by atoms with Crippen molar-refractivity contribution in [1.82, 2.24) is 15.3 Å². The highest BCUT2D eigenvalue weighted by Crippen LogP contribution is 2.34. The summed E-state index contributed by atoms with van der Waals surface area (Å²) >= 11 is 0. The molecule has 2 atom stereocenters. The molecule has 0 saturated carbocycles. The monoisotopic (exact) mass is 367 g/mol. The summed E-state index contributed by atoms with van der Waals surface area (Å²) in [6, 6.07) is 18.8. The predicted octanol–water partition coefficient (Wildman–Crippen LogP) is 3.12. The first-order valence-corrected chi connectivity index (χ1v) is 9.12. The lowest BCUT2D eigenvalue weighted by atomic mass is 10.00. The minimum Gasteiger partial charge on any atom is -0.322 e. The van der Waals surface area contributed by atoms with Crippen LogP contribution in [0.25, 0.3) is 0 Å². The molecule has 6 nitrogen and oxygen atoms in total. The molecule has 0 aliphatic carbocycles. The smallest absolute Gasteiger partial charge is 0.322 e. The number of hydrogen-bond acceptors (Lipinski definition) is 4. The van der Waals surface area contributed by atoms with Crippen LogP contribution in [0.5, 0.6) is 0 Å². The highest BCUT2D eigenvalue weighted by Gasteiger charge is 2.45. The molecule has 0 radical (unpaired) electrons. The Bertz CT molecular complexity index is 767. The van der Waals surface area contributed by atoms with Crippen molar-refractivity contribution < 1.29 is 14.4 Å². The molecule has 0 aromatic heterocycles. The molecule has 6 heteroatoms. The molecular formula is C21H25N3O3. The lowest BCUT2D eigenvalue weighted by molar-refractivity contribution is -0.130. The third-order valence-electron chi connectivity index (χ3n) is 4.89. The molecule has 2 aromatic rings. The number of imide groups is 1. The molecule has 142 valence electrons. The van der Waals surface area contributed by atoms with Crippen LogP contribution in [0.2, 0.25) is 0 Å². The van der Waals surface area contributed by atoms with Gasteiger partial charge in [0.2, 0.25) is 5.91 Å². The number of hydroxylamine groups is 1. The molecule has 1 fully saturated rings. The Morgan fingerprint density at radius 2 is 1.70 bits per heavy atom. The quantitative estimate of drug-likeness (QED) is 0.603. The summed E-state index contributed by atoms with van der Waals surface area (Å²) in [5.41, 5.74) is 4.82. The summed E-state index contributed by atoms with van der Waals surface area (Å²) in [5.74, 6) is -0.208. The van der Waals surface area contributed by atoms with E-state index >= 15 is 0 Å². The molecule has 1 N–H and O–H groups in total. The highest BCUT2D eigenvalue weighted by molar-refractivity contribution is 5.96. The zero-order valence-corrected chi connectivity index (χ0v) is 15.7. The molecule has 2 aromatic carbocycles. The molecule has 0 unspecified atom stereocenters. The Morgan fingerprint density at radius 3 is 2.37 bits per heavy atom. The van der Waals surface area contributed by atoms with Gasteiger partial charge in [-0.2, -0.15) is 0 Å². The van der Waals surface area contributed by atoms with Crippen molar-refractivity contribution in [2.45, 2.75) is 32.0 Å². The Labute approximate surface area is 159 Å². The molecule has 0 spiro atoms. The Morgan fingerprint density at radius 1 is 1.07 bits per heavy atom. The number of carbonyl (C=O) groups is 2. The van der Waals surface area contributed by atoms with Crippen LogP contribution in [0.4, 0.5) is 4.79 Å². The number of urea groups is 1. The van der Waals surface area contributed by atoms with Crippen LogP contribution < -0.4 is 5.48 Å². The second-order valence-corrected chi connectivity index (χ2v) is 6.67. The summed E-state index contributed by atoms with van der Waals surface area (Å²) in [6.07, 6.45) is 0.185. The van der Waals surface area contributed by atoms with Gasteiger partial charge in [-0.1, -0.05) is 60.7 Å². The predicted molar refractivity (Wildman–Crippen MR) is 103 cm³/mol. The molecule has 3 amide bonds. The number of carbonyl (C=O) groups excluding carboxylic acids is 2. The van der Waals surface area contributed by atoms with Gasteiger partial charge in [0.15, 0.2) is 0 Å². The number of nitrogens with zero attached hydrogens (tertiary/aromatic N) is 2. The topological polar surface area (TPSA) is 61.9 Å². The van der Waals surface area contributed by atoms with Gasteiger partial charge in [-0.25, -0.2) is 10.3 Å².